The van der Waals surface area contributed by atoms with E-state index >= 15 is 0 Å². The molecule has 0 bridgehead atoms. The Kier molecular flexibility index (Phi) is 3.90. The van der Waals surface area contributed by atoms with E-state index in [1.807, 2.05) is 0 Å². The number of pyridine rings is 1. The van der Waals surface area contributed by atoms with Gasteiger partial charge in [0.1, 0.15) is 10.7 Å². The van der Waals surface area contributed by atoms with E-state index in [1.54, 1.807) is 0 Å². The Morgan fingerprint density at radius 3 is 2.75 bits per heavy atom. The lowest BCUT2D eigenvalue weighted by molar-refractivity contribution is -0.136. The van der Waals surface area contributed by atoms with Gasteiger partial charge in [-0.2, -0.15) is 5.26 Å². The lowest BCUT2D eigenvalue weighted by atomic mass is 10.1. The Hall–Kier alpha value is -1.55. The largest absolute Gasteiger partial charge is 0.481 e. The molecule has 1 rings (SSSR count). The van der Waals surface area contributed by atoms with Crippen LogP contribution in [0.3, 0.4) is 0 Å². The molecule has 4 nitrogen and oxygen atoms in total. The maximum Gasteiger partial charge on any atom is 0.307 e. The van der Waals surface area contributed by atoms with E-state index in [9.17, 15) is 13.6 Å². The van der Waals surface area contributed by atoms with E-state index in [2.05, 4.69) is 20.9 Å². The number of nitrogens with zero attached hydrogens (tertiary/aromatic N) is 2. The summed E-state index contributed by atoms with van der Waals surface area (Å²) in [6, 6.07) is 2.51. The Labute approximate surface area is 97.7 Å². The van der Waals surface area contributed by atoms with Crippen molar-refractivity contribution >= 4 is 21.9 Å². The van der Waals surface area contributed by atoms with Gasteiger partial charge in [0.05, 0.1) is 12.0 Å². The third-order valence-electron chi connectivity index (χ3n) is 1.76. The van der Waals surface area contributed by atoms with Gasteiger partial charge in [0, 0.05) is 0 Å². The second-order valence-corrected chi connectivity index (χ2v) is 3.61. The minimum absolute atomic E-state index is 0.0934. The summed E-state index contributed by atoms with van der Waals surface area (Å²) in [5, 5.41) is 17.1. The molecule has 0 amide bonds. The van der Waals surface area contributed by atoms with Crippen molar-refractivity contribution in [2.45, 2.75) is 12.8 Å². The number of hydrogen-bond acceptors (Lipinski definition) is 3. The molecule has 1 heterocycles. The number of carbonyl (C=O) groups is 1. The summed E-state index contributed by atoms with van der Waals surface area (Å²) in [6.07, 6.45) is -3.29. The number of alkyl halides is 2. The molecule has 0 aliphatic heterocycles. The fourth-order valence-corrected chi connectivity index (χ4v) is 1.52. The molecule has 1 N–H and O–H groups in total. The molecule has 0 fully saturated rings. The first-order valence-corrected chi connectivity index (χ1v) is 4.84. The highest BCUT2D eigenvalue weighted by Gasteiger charge is 2.18. The molecule has 0 aliphatic rings. The van der Waals surface area contributed by atoms with Gasteiger partial charge in [-0.05, 0) is 27.6 Å². The van der Waals surface area contributed by atoms with Crippen LogP contribution in [0.15, 0.2) is 10.7 Å². The van der Waals surface area contributed by atoms with Gasteiger partial charge in [0.2, 0.25) is 0 Å². The van der Waals surface area contributed by atoms with E-state index < -0.39 is 30.1 Å². The van der Waals surface area contributed by atoms with Gasteiger partial charge in [0.15, 0.2) is 5.69 Å². The predicted molar refractivity (Wildman–Crippen MR) is 52.9 cm³/mol. The number of hydrogen-bond donors (Lipinski definition) is 1. The summed E-state index contributed by atoms with van der Waals surface area (Å²) in [5.41, 5.74) is -0.847. The SMILES string of the molecule is N#Cc1nc(Br)c(CC(=O)O)cc1C(F)F. The molecule has 0 atom stereocenters. The monoisotopic (exact) mass is 290 g/mol. The summed E-state index contributed by atoms with van der Waals surface area (Å²) in [6.45, 7) is 0. The van der Waals surface area contributed by atoms with E-state index in [0.29, 0.717) is 0 Å². The molecular formula is C9H5BrF2N2O2. The summed E-state index contributed by atoms with van der Waals surface area (Å²) < 4.78 is 25.1. The van der Waals surface area contributed by atoms with Gasteiger partial charge < -0.3 is 5.11 Å². The van der Waals surface area contributed by atoms with Crippen LogP contribution in [0.25, 0.3) is 0 Å². The van der Waals surface area contributed by atoms with Gasteiger partial charge in [0.25, 0.3) is 6.43 Å². The number of aliphatic carboxylic acids is 1. The van der Waals surface area contributed by atoms with Crippen molar-refractivity contribution in [3.8, 4) is 6.07 Å². The van der Waals surface area contributed by atoms with Crippen LogP contribution in [0.1, 0.15) is 23.2 Å². The van der Waals surface area contributed by atoms with Crippen LogP contribution in [-0.2, 0) is 11.2 Å². The van der Waals surface area contributed by atoms with Gasteiger partial charge >= 0.3 is 5.97 Å². The van der Waals surface area contributed by atoms with E-state index in [-0.39, 0.29) is 10.2 Å². The van der Waals surface area contributed by atoms with Gasteiger partial charge in [-0.3, -0.25) is 4.79 Å². The van der Waals surface area contributed by atoms with E-state index in [4.69, 9.17) is 10.4 Å². The molecule has 0 unspecified atom stereocenters. The smallest absolute Gasteiger partial charge is 0.307 e. The molecule has 16 heavy (non-hydrogen) atoms. The number of aromatic nitrogens is 1. The molecular weight excluding hydrogens is 286 g/mol. The van der Waals surface area contributed by atoms with Crippen LogP contribution in [0.4, 0.5) is 8.78 Å². The zero-order valence-electron chi connectivity index (χ0n) is 7.75. The minimum atomic E-state index is -2.86. The molecule has 84 valence electrons. The van der Waals surface area contributed by atoms with Crippen molar-refractivity contribution in [2.75, 3.05) is 0 Å². The Morgan fingerprint density at radius 2 is 2.31 bits per heavy atom. The molecule has 0 radical (unpaired) electrons. The van der Waals surface area contributed by atoms with Gasteiger partial charge in [-0.1, -0.05) is 0 Å². The van der Waals surface area contributed by atoms with Crippen LogP contribution in [-0.4, -0.2) is 16.1 Å². The molecule has 7 heteroatoms. The first-order valence-electron chi connectivity index (χ1n) is 4.05. The lowest BCUT2D eigenvalue weighted by Gasteiger charge is -2.06. The third kappa shape index (κ3) is 2.73. The van der Waals surface area contributed by atoms with Crippen LogP contribution in [0.2, 0.25) is 0 Å². The highest BCUT2D eigenvalue weighted by Crippen LogP contribution is 2.26. The van der Waals surface area contributed by atoms with Crippen molar-refractivity contribution in [1.29, 1.82) is 5.26 Å². The molecule has 0 saturated carbocycles. The first kappa shape index (κ1) is 12.5. The summed E-state index contributed by atoms with van der Waals surface area (Å²) in [4.78, 5) is 14.0. The average molecular weight is 291 g/mol. The molecule has 1 aromatic heterocycles. The zero-order chi connectivity index (χ0) is 12.3. The molecule has 0 aliphatic carbocycles. The molecule has 0 spiro atoms. The van der Waals surface area contributed by atoms with Crippen molar-refractivity contribution in [1.82, 2.24) is 4.98 Å². The van der Waals surface area contributed by atoms with E-state index in [0.717, 1.165) is 6.07 Å². The minimum Gasteiger partial charge on any atom is -0.481 e. The normalized spacial score (nSPS) is 10.2. The van der Waals surface area contributed by atoms with Gasteiger partial charge in [-0.25, -0.2) is 13.8 Å². The highest BCUT2D eigenvalue weighted by molar-refractivity contribution is 9.10. The maximum atomic E-state index is 12.5. The Bertz CT molecular complexity index is 471. The van der Waals surface area contributed by atoms with Crippen molar-refractivity contribution in [2.24, 2.45) is 0 Å². The topological polar surface area (TPSA) is 74.0 Å². The van der Waals surface area contributed by atoms with Crippen LogP contribution in [0, 0.1) is 11.3 Å². The standard InChI is InChI=1S/C9H5BrF2N2O2/c10-8-4(2-7(15)16)1-5(9(11)12)6(3-13)14-8/h1,9H,2H2,(H,15,16). The number of carboxylic acids is 1. The van der Waals surface area contributed by atoms with Crippen molar-refractivity contribution in [3.05, 3.63) is 27.5 Å². The summed E-state index contributed by atoms with van der Waals surface area (Å²) in [7, 11) is 0. The van der Waals surface area contributed by atoms with Gasteiger partial charge in [-0.15, -0.1) is 0 Å². The fraction of sp³-hybridized carbons (Fsp3) is 0.222. The molecule has 0 aromatic carbocycles. The Morgan fingerprint density at radius 1 is 1.69 bits per heavy atom. The lowest BCUT2D eigenvalue weighted by Crippen LogP contribution is -2.05. The molecule has 0 saturated heterocycles. The van der Waals surface area contributed by atoms with Crippen LogP contribution >= 0.6 is 15.9 Å². The summed E-state index contributed by atoms with van der Waals surface area (Å²) in [5.74, 6) is -1.16. The molecule has 1 aromatic rings. The quantitative estimate of drug-likeness (QED) is 0.867. The van der Waals surface area contributed by atoms with Crippen molar-refractivity contribution in [3.63, 3.8) is 0 Å². The first-order chi connectivity index (χ1) is 7.45. The zero-order valence-corrected chi connectivity index (χ0v) is 9.33. The number of nitriles is 1. The number of carboxylic acid groups (broad SMARTS) is 1. The van der Waals surface area contributed by atoms with Crippen LogP contribution in [0.5, 0.6) is 0 Å². The average Bonchev–Trinajstić information content (AvgIpc) is 2.19. The maximum absolute atomic E-state index is 12.5. The van der Waals surface area contributed by atoms with Crippen LogP contribution < -0.4 is 0 Å². The second kappa shape index (κ2) is 4.99. The highest BCUT2D eigenvalue weighted by atomic mass is 79.9. The Balaban J connectivity index is 3.28. The van der Waals surface area contributed by atoms with E-state index in [1.165, 1.54) is 6.07 Å². The number of rotatable bonds is 3. The number of halogens is 3. The van der Waals surface area contributed by atoms with Crippen molar-refractivity contribution < 1.29 is 18.7 Å². The second-order valence-electron chi connectivity index (χ2n) is 2.86. The third-order valence-corrected chi connectivity index (χ3v) is 2.45. The fourth-order valence-electron chi connectivity index (χ4n) is 1.09. The summed E-state index contributed by atoms with van der Waals surface area (Å²) >= 11 is 2.93. The predicted octanol–water partition coefficient (Wildman–Crippen LogP) is 2.28.